The Morgan fingerprint density at radius 2 is 1.44 bits per heavy atom. The Bertz CT molecular complexity index is 364. The minimum absolute atomic E-state index is 1.10. The van der Waals surface area contributed by atoms with Crippen molar-refractivity contribution < 1.29 is 0 Å². The van der Waals surface area contributed by atoms with E-state index in [1.807, 2.05) is 0 Å². The Hall–Kier alpha value is -1.02. The molecule has 0 spiro atoms. The predicted molar refractivity (Wildman–Crippen MR) is 70.5 cm³/mol. The topological polar surface area (TPSA) is 15.3 Å². The first-order valence-corrected chi connectivity index (χ1v) is 6.14. The molecule has 2 nitrogen and oxygen atoms in total. The number of anilines is 1. The molecule has 1 aliphatic rings. The van der Waals surface area contributed by atoms with E-state index in [0.717, 1.165) is 26.2 Å². The number of hydrogen-bond donors (Lipinski definition) is 1. The molecular weight excluding hydrogens is 196 g/mol. The number of aryl methyl sites for hydroxylation is 2. The Balaban J connectivity index is 2.45. The number of hydrogen-bond acceptors (Lipinski definition) is 2. The third-order valence-electron chi connectivity index (χ3n) is 3.76. The fourth-order valence-corrected chi connectivity index (χ4v) is 2.56. The van der Waals surface area contributed by atoms with Gasteiger partial charge in [-0.1, -0.05) is 6.07 Å². The van der Waals surface area contributed by atoms with Gasteiger partial charge in [-0.2, -0.15) is 0 Å². The SMILES string of the molecule is Cc1cc(C)c(C)c(N2CCNCC2)c1C. The average molecular weight is 218 g/mol. The molecule has 1 aromatic rings. The maximum atomic E-state index is 3.41. The number of nitrogens with one attached hydrogen (secondary N) is 1. The highest BCUT2D eigenvalue weighted by molar-refractivity contribution is 5.64. The van der Waals surface area contributed by atoms with E-state index in [9.17, 15) is 0 Å². The monoisotopic (exact) mass is 218 g/mol. The van der Waals surface area contributed by atoms with Gasteiger partial charge < -0.3 is 10.2 Å². The van der Waals surface area contributed by atoms with Crippen LogP contribution < -0.4 is 10.2 Å². The molecule has 1 fully saturated rings. The van der Waals surface area contributed by atoms with E-state index < -0.39 is 0 Å². The fraction of sp³-hybridized carbons (Fsp3) is 0.571. The van der Waals surface area contributed by atoms with E-state index in [1.54, 1.807) is 0 Å². The molecule has 1 aliphatic heterocycles. The molecule has 0 bridgehead atoms. The van der Waals surface area contributed by atoms with Crippen molar-refractivity contribution in [2.75, 3.05) is 31.1 Å². The minimum atomic E-state index is 1.10. The highest BCUT2D eigenvalue weighted by atomic mass is 15.2. The molecule has 0 aromatic heterocycles. The maximum Gasteiger partial charge on any atom is 0.0431 e. The lowest BCUT2D eigenvalue weighted by molar-refractivity contribution is 0.587. The minimum Gasteiger partial charge on any atom is -0.369 e. The number of nitrogens with zero attached hydrogens (tertiary/aromatic N) is 1. The van der Waals surface area contributed by atoms with Crippen LogP contribution in [0.1, 0.15) is 22.3 Å². The van der Waals surface area contributed by atoms with Crippen molar-refractivity contribution in [2.24, 2.45) is 0 Å². The van der Waals surface area contributed by atoms with Crippen molar-refractivity contribution in [1.82, 2.24) is 5.32 Å². The lowest BCUT2D eigenvalue weighted by Gasteiger charge is -2.33. The Kier molecular flexibility index (Phi) is 3.20. The van der Waals surface area contributed by atoms with Gasteiger partial charge in [0.05, 0.1) is 0 Å². The Morgan fingerprint density at radius 1 is 0.938 bits per heavy atom. The molecule has 0 amide bonds. The second-order valence-corrected chi connectivity index (χ2v) is 4.85. The summed E-state index contributed by atoms with van der Waals surface area (Å²) in [4.78, 5) is 2.53. The van der Waals surface area contributed by atoms with Gasteiger partial charge in [0.15, 0.2) is 0 Å². The van der Waals surface area contributed by atoms with Gasteiger partial charge in [0, 0.05) is 31.9 Å². The third-order valence-corrected chi connectivity index (χ3v) is 3.76. The van der Waals surface area contributed by atoms with Gasteiger partial charge in [-0.25, -0.2) is 0 Å². The molecule has 88 valence electrons. The zero-order chi connectivity index (χ0) is 11.7. The second-order valence-electron chi connectivity index (χ2n) is 4.85. The van der Waals surface area contributed by atoms with Crippen molar-refractivity contribution in [2.45, 2.75) is 27.7 Å². The first kappa shape index (κ1) is 11.5. The number of benzene rings is 1. The van der Waals surface area contributed by atoms with Crippen LogP contribution in [0.3, 0.4) is 0 Å². The van der Waals surface area contributed by atoms with Crippen molar-refractivity contribution in [3.8, 4) is 0 Å². The van der Waals surface area contributed by atoms with Gasteiger partial charge in [0.2, 0.25) is 0 Å². The van der Waals surface area contributed by atoms with Crippen LogP contribution in [0.4, 0.5) is 5.69 Å². The second kappa shape index (κ2) is 4.46. The molecule has 0 radical (unpaired) electrons. The highest BCUT2D eigenvalue weighted by Gasteiger charge is 2.16. The van der Waals surface area contributed by atoms with E-state index in [0.29, 0.717) is 0 Å². The van der Waals surface area contributed by atoms with E-state index >= 15 is 0 Å². The van der Waals surface area contributed by atoms with Crippen LogP contribution in [0.15, 0.2) is 6.07 Å². The van der Waals surface area contributed by atoms with Crippen LogP contribution in [-0.4, -0.2) is 26.2 Å². The highest BCUT2D eigenvalue weighted by Crippen LogP contribution is 2.30. The molecule has 0 aliphatic carbocycles. The van der Waals surface area contributed by atoms with E-state index in [2.05, 4.69) is 44.0 Å². The molecule has 2 rings (SSSR count). The molecule has 0 unspecified atom stereocenters. The van der Waals surface area contributed by atoms with E-state index in [-0.39, 0.29) is 0 Å². The summed E-state index contributed by atoms with van der Waals surface area (Å²) >= 11 is 0. The number of piperazine rings is 1. The Labute approximate surface area is 98.7 Å². The molecule has 1 N–H and O–H groups in total. The number of rotatable bonds is 1. The van der Waals surface area contributed by atoms with Gasteiger partial charge in [0.1, 0.15) is 0 Å². The summed E-state index contributed by atoms with van der Waals surface area (Å²) in [5.74, 6) is 0. The molecular formula is C14H22N2. The molecule has 16 heavy (non-hydrogen) atoms. The summed E-state index contributed by atoms with van der Waals surface area (Å²) in [6.45, 7) is 13.4. The maximum absolute atomic E-state index is 3.41. The molecule has 2 heteroatoms. The van der Waals surface area contributed by atoms with Crippen LogP contribution in [0.25, 0.3) is 0 Å². The van der Waals surface area contributed by atoms with Gasteiger partial charge in [-0.05, 0) is 49.9 Å². The van der Waals surface area contributed by atoms with Gasteiger partial charge in [-0.3, -0.25) is 0 Å². The zero-order valence-electron chi connectivity index (χ0n) is 10.9. The van der Waals surface area contributed by atoms with Crippen LogP contribution in [0.5, 0.6) is 0 Å². The van der Waals surface area contributed by atoms with Gasteiger partial charge >= 0.3 is 0 Å². The van der Waals surface area contributed by atoms with E-state index in [1.165, 1.54) is 27.9 Å². The van der Waals surface area contributed by atoms with Crippen molar-refractivity contribution in [3.05, 3.63) is 28.3 Å². The quantitative estimate of drug-likeness (QED) is 0.778. The summed E-state index contributed by atoms with van der Waals surface area (Å²) in [6, 6.07) is 2.30. The van der Waals surface area contributed by atoms with Crippen LogP contribution in [0.2, 0.25) is 0 Å². The van der Waals surface area contributed by atoms with Crippen molar-refractivity contribution >= 4 is 5.69 Å². The molecule has 1 saturated heterocycles. The molecule has 0 saturated carbocycles. The largest absolute Gasteiger partial charge is 0.369 e. The summed E-state index contributed by atoms with van der Waals surface area (Å²) in [5, 5.41) is 3.41. The first-order chi connectivity index (χ1) is 7.61. The first-order valence-electron chi connectivity index (χ1n) is 6.14. The fourth-order valence-electron chi connectivity index (χ4n) is 2.56. The summed E-state index contributed by atoms with van der Waals surface area (Å²) in [7, 11) is 0. The van der Waals surface area contributed by atoms with Crippen molar-refractivity contribution in [1.29, 1.82) is 0 Å². The van der Waals surface area contributed by atoms with Crippen LogP contribution in [0, 0.1) is 27.7 Å². The predicted octanol–water partition coefficient (Wildman–Crippen LogP) is 2.33. The summed E-state index contributed by atoms with van der Waals surface area (Å²) in [5.41, 5.74) is 7.20. The standard InChI is InChI=1S/C14H22N2/c1-10-9-11(2)13(4)14(12(10)3)16-7-5-15-6-8-16/h9,15H,5-8H2,1-4H3. The summed E-state index contributed by atoms with van der Waals surface area (Å²) in [6.07, 6.45) is 0. The van der Waals surface area contributed by atoms with E-state index in [4.69, 9.17) is 0 Å². The van der Waals surface area contributed by atoms with Crippen LogP contribution >= 0.6 is 0 Å². The lowest BCUT2D eigenvalue weighted by Crippen LogP contribution is -2.44. The van der Waals surface area contributed by atoms with Crippen LogP contribution in [-0.2, 0) is 0 Å². The average Bonchev–Trinajstić information content (AvgIpc) is 2.28. The van der Waals surface area contributed by atoms with Crippen molar-refractivity contribution in [3.63, 3.8) is 0 Å². The Morgan fingerprint density at radius 3 is 1.94 bits per heavy atom. The zero-order valence-corrected chi connectivity index (χ0v) is 10.9. The smallest absolute Gasteiger partial charge is 0.0431 e. The van der Waals surface area contributed by atoms with Gasteiger partial charge in [0.25, 0.3) is 0 Å². The van der Waals surface area contributed by atoms with Gasteiger partial charge in [-0.15, -0.1) is 0 Å². The molecule has 0 atom stereocenters. The normalized spacial score (nSPS) is 16.6. The third kappa shape index (κ3) is 1.94. The summed E-state index contributed by atoms with van der Waals surface area (Å²) < 4.78 is 0. The molecule has 1 aromatic carbocycles. The lowest BCUT2D eigenvalue weighted by atomic mass is 9.97. The molecule has 1 heterocycles.